The van der Waals surface area contributed by atoms with Gasteiger partial charge >= 0.3 is 0 Å². The average Bonchev–Trinajstić information content (AvgIpc) is 2.62. The van der Waals surface area contributed by atoms with Crippen LogP contribution in [0.2, 0.25) is 0 Å². The Bertz CT molecular complexity index is 369. The third kappa shape index (κ3) is 25.6. The molecular formula is C25H53BrN2O. The van der Waals surface area contributed by atoms with Crippen molar-refractivity contribution in [2.24, 2.45) is 11.7 Å². The molecule has 0 fully saturated rings. The van der Waals surface area contributed by atoms with Crippen LogP contribution in [0.4, 0.5) is 0 Å². The van der Waals surface area contributed by atoms with Gasteiger partial charge in [0.2, 0.25) is 5.91 Å². The summed E-state index contributed by atoms with van der Waals surface area (Å²) < 4.78 is 0.351. The van der Waals surface area contributed by atoms with Crippen molar-refractivity contribution in [3.63, 3.8) is 0 Å². The number of carbonyl (C=O) groups excluding carboxylic acids is 1. The van der Waals surface area contributed by atoms with Crippen LogP contribution < -0.4 is 11.9 Å². The first-order valence-corrected chi connectivity index (χ1v) is 12.6. The molecule has 0 rings (SSSR count). The van der Waals surface area contributed by atoms with Crippen molar-refractivity contribution in [3.8, 4) is 0 Å². The van der Waals surface area contributed by atoms with Crippen molar-refractivity contribution in [1.29, 1.82) is 0 Å². The Balaban J connectivity index is -0.000000837. The molecule has 3 nitrogen and oxygen atoms in total. The fourth-order valence-electron chi connectivity index (χ4n) is 2.95. The van der Waals surface area contributed by atoms with Gasteiger partial charge in [0.1, 0.15) is 0 Å². The number of hydrogen-bond donors (Lipinski definition) is 2. The van der Waals surface area contributed by atoms with Gasteiger partial charge in [-0.25, -0.2) is 0 Å². The first-order chi connectivity index (χ1) is 13.1. The molecule has 1 atom stereocenters. The standard InChI is InChI=1S/C21H43Br.C4H7NO.H3N/c1-5-6-7-8-9-10-11-12-13-14-15-16-17-18-19-21(4,22)20(2)3;1-3(2)4(5)6;/h20H,5-19H2,1-4H3;1H2,2H3,(H2,5,6);1H3. The largest absolute Gasteiger partial charge is 0.366 e. The van der Waals surface area contributed by atoms with Gasteiger partial charge in [-0.15, -0.1) is 0 Å². The third-order valence-corrected chi connectivity index (χ3v) is 6.96. The van der Waals surface area contributed by atoms with E-state index in [-0.39, 0.29) is 6.15 Å². The Morgan fingerprint density at radius 3 is 1.38 bits per heavy atom. The molecule has 4 heteroatoms. The highest BCUT2D eigenvalue weighted by molar-refractivity contribution is 9.10. The van der Waals surface area contributed by atoms with Crippen LogP contribution in [0.5, 0.6) is 0 Å². The van der Waals surface area contributed by atoms with E-state index in [0.717, 1.165) is 5.92 Å². The number of amides is 1. The van der Waals surface area contributed by atoms with E-state index < -0.39 is 5.91 Å². The summed E-state index contributed by atoms with van der Waals surface area (Å²) in [6, 6.07) is 0. The molecule has 0 aliphatic rings. The van der Waals surface area contributed by atoms with Gasteiger partial charge in [0, 0.05) is 9.90 Å². The number of carbonyl (C=O) groups is 1. The topological polar surface area (TPSA) is 78.1 Å². The summed E-state index contributed by atoms with van der Waals surface area (Å²) in [5.74, 6) is 0.296. The number of hydrogen-bond acceptors (Lipinski definition) is 2. The van der Waals surface area contributed by atoms with Gasteiger partial charge in [-0.1, -0.05) is 133 Å². The second-order valence-corrected chi connectivity index (χ2v) is 10.7. The lowest BCUT2D eigenvalue weighted by Crippen LogP contribution is -2.22. The van der Waals surface area contributed by atoms with Crippen LogP contribution in [-0.4, -0.2) is 10.2 Å². The number of primary amides is 1. The Kier molecular flexibility index (Phi) is 25.6. The van der Waals surface area contributed by atoms with Crippen molar-refractivity contribution < 1.29 is 4.79 Å². The summed E-state index contributed by atoms with van der Waals surface area (Å²) >= 11 is 3.88. The predicted octanol–water partition coefficient (Wildman–Crippen LogP) is 8.88. The van der Waals surface area contributed by atoms with Crippen LogP contribution >= 0.6 is 15.9 Å². The van der Waals surface area contributed by atoms with Crippen LogP contribution in [0.15, 0.2) is 12.2 Å². The Labute approximate surface area is 191 Å². The fourth-order valence-corrected chi connectivity index (χ4v) is 3.23. The van der Waals surface area contributed by atoms with Gasteiger partial charge in [0.15, 0.2) is 0 Å². The fraction of sp³-hybridized carbons (Fsp3) is 0.880. The van der Waals surface area contributed by atoms with E-state index in [9.17, 15) is 4.79 Å². The maximum atomic E-state index is 9.82. The zero-order chi connectivity index (χ0) is 21.8. The van der Waals surface area contributed by atoms with Gasteiger partial charge < -0.3 is 11.9 Å². The second-order valence-electron chi connectivity index (χ2n) is 8.92. The molecule has 0 radical (unpaired) electrons. The van der Waals surface area contributed by atoms with Crippen molar-refractivity contribution >= 4 is 21.8 Å². The number of alkyl halides is 1. The minimum Gasteiger partial charge on any atom is -0.366 e. The quantitative estimate of drug-likeness (QED) is 0.125. The Morgan fingerprint density at radius 2 is 1.14 bits per heavy atom. The lowest BCUT2D eigenvalue weighted by Gasteiger charge is -2.26. The van der Waals surface area contributed by atoms with Gasteiger partial charge in [0.25, 0.3) is 0 Å². The minimum absolute atomic E-state index is 0. The molecule has 0 aromatic heterocycles. The molecule has 0 aromatic carbocycles. The molecule has 0 spiro atoms. The summed E-state index contributed by atoms with van der Waals surface area (Å²) in [6.45, 7) is 14.1. The maximum Gasteiger partial charge on any atom is 0.243 e. The molecule has 0 aliphatic carbocycles. The van der Waals surface area contributed by atoms with E-state index in [0.29, 0.717) is 9.90 Å². The molecule has 0 saturated carbocycles. The molecule has 29 heavy (non-hydrogen) atoms. The number of unbranched alkanes of at least 4 members (excludes halogenated alkanes) is 13. The molecule has 0 heterocycles. The minimum atomic E-state index is -0.435. The van der Waals surface area contributed by atoms with E-state index in [1.54, 1.807) is 6.92 Å². The summed E-state index contributed by atoms with van der Waals surface area (Å²) in [4.78, 5) is 9.82. The average molecular weight is 478 g/mol. The molecule has 1 amide bonds. The Morgan fingerprint density at radius 1 is 0.862 bits per heavy atom. The summed E-state index contributed by atoms with van der Waals surface area (Å²) in [6.07, 6.45) is 21.6. The highest BCUT2D eigenvalue weighted by atomic mass is 79.9. The monoisotopic (exact) mass is 476 g/mol. The molecule has 0 aromatic rings. The van der Waals surface area contributed by atoms with E-state index in [1.807, 2.05) is 0 Å². The van der Waals surface area contributed by atoms with E-state index in [1.165, 1.54) is 96.3 Å². The highest BCUT2D eigenvalue weighted by Crippen LogP contribution is 2.32. The van der Waals surface area contributed by atoms with Crippen LogP contribution in [0.1, 0.15) is 131 Å². The predicted molar refractivity (Wildman–Crippen MR) is 136 cm³/mol. The van der Waals surface area contributed by atoms with Crippen LogP contribution in [0.3, 0.4) is 0 Å². The number of rotatable bonds is 17. The lowest BCUT2D eigenvalue weighted by molar-refractivity contribution is -0.114. The normalized spacial score (nSPS) is 12.5. The van der Waals surface area contributed by atoms with Crippen LogP contribution in [0.25, 0.3) is 0 Å². The summed E-state index contributed by atoms with van der Waals surface area (Å²) in [5, 5.41) is 0. The van der Waals surface area contributed by atoms with Gasteiger partial charge in [-0.3, -0.25) is 4.79 Å². The van der Waals surface area contributed by atoms with Gasteiger partial charge in [-0.05, 0) is 26.2 Å². The van der Waals surface area contributed by atoms with Crippen molar-refractivity contribution in [2.45, 2.75) is 135 Å². The van der Waals surface area contributed by atoms with E-state index in [2.05, 4.69) is 50.2 Å². The first-order valence-electron chi connectivity index (χ1n) is 11.8. The van der Waals surface area contributed by atoms with Crippen molar-refractivity contribution in [2.75, 3.05) is 0 Å². The molecule has 0 bridgehead atoms. The molecule has 176 valence electrons. The first kappa shape index (κ1) is 33.3. The zero-order valence-corrected chi connectivity index (χ0v) is 22.0. The van der Waals surface area contributed by atoms with Crippen molar-refractivity contribution in [3.05, 3.63) is 12.2 Å². The third-order valence-electron chi connectivity index (χ3n) is 5.64. The van der Waals surface area contributed by atoms with Crippen molar-refractivity contribution in [1.82, 2.24) is 6.15 Å². The number of halogens is 1. The smallest absolute Gasteiger partial charge is 0.243 e. The SMILES string of the molecule is C=C(C)C(N)=O.CCCCCCCCCCCCCCCCC(C)(Br)C(C)C.N. The summed E-state index contributed by atoms with van der Waals surface area (Å²) in [7, 11) is 0. The molecule has 0 saturated heterocycles. The highest BCUT2D eigenvalue weighted by Gasteiger charge is 2.23. The molecule has 5 N–H and O–H groups in total. The molecular weight excluding hydrogens is 424 g/mol. The molecule has 0 aliphatic heterocycles. The van der Waals surface area contributed by atoms with Crippen LogP contribution in [0, 0.1) is 5.92 Å². The molecule has 1 unspecified atom stereocenters. The van der Waals surface area contributed by atoms with Gasteiger partial charge in [-0.2, -0.15) is 0 Å². The van der Waals surface area contributed by atoms with E-state index in [4.69, 9.17) is 5.73 Å². The second kappa shape index (κ2) is 22.3. The maximum absolute atomic E-state index is 9.82. The number of nitrogens with two attached hydrogens (primary N) is 1. The van der Waals surface area contributed by atoms with Crippen LogP contribution in [-0.2, 0) is 4.79 Å². The van der Waals surface area contributed by atoms with E-state index >= 15 is 0 Å². The summed E-state index contributed by atoms with van der Waals surface area (Å²) in [5.41, 5.74) is 5.09. The lowest BCUT2D eigenvalue weighted by atomic mass is 9.91. The van der Waals surface area contributed by atoms with Gasteiger partial charge in [0.05, 0.1) is 0 Å². The Hall–Kier alpha value is -0.350. The zero-order valence-electron chi connectivity index (χ0n) is 20.5.